The van der Waals surface area contributed by atoms with Crippen molar-refractivity contribution in [1.82, 2.24) is 4.98 Å². The van der Waals surface area contributed by atoms with E-state index in [0.29, 0.717) is 15.9 Å². The van der Waals surface area contributed by atoms with Crippen LogP contribution in [0.5, 0.6) is 0 Å². The number of aromatic nitrogens is 1. The van der Waals surface area contributed by atoms with Crippen LogP contribution in [0.2, 0.25) is 5.02 Å². The zero-order valence-corrected chi connectivity index (χ0v) is 12.0. The summed E-state index contributed by atoms with van der Waals surface area (Å²) in [7, 11) is 0. The van der Waals surface area contributed by atoms with Gasteiger partial charge in [-0.2, -0.15) is 0 Å². The second-order valence-electron chi connectivity index (χ2n) is 3.56. The van der Waals surface area contributed by atoms with Crippen molar-refractivity contribution < 1.29 is 4.79 Å². The van der Waals surface area contributed by atoms with E-state index in [9.17, 15) is 4.79 Å². The lowest BCUT2D eigenvalue weighted by Gasteiger charge is -2.03. The first kappa shape index (κ1) is 13.4. The Morgan fingerprint density at radius 1 is 1.50 bits per heavy atom. The predicted molar refractivity (Wildman–Crippen MR) is 77.7 cm³/mol. The molecule has 1 aromatic carbocycles. The average Bonchev–Trinajstić information content (AvgIpc) is 2.74. The molecule has 0 aliphatic rings. The summed E-state index contributed by atoms with van der Waals surface area (Å²) in [5.41, 5.74) is 0.911. The van der Waals surface area contributed by atoms with E-state index in [1.165, 1.54) is 23.1 Å². The van der Waals surface area contributed by atoms with Gasteiger partial charge >= 0.3 is 0 Å². The van der Waals surface area contributed by atoms with Crippen molar-refractivity contribution in [2.75, 3.05) is 11.1 Å². The first-order valence-electron chi connectivity index (χ1n) is 5.24. The first-order chi connectivity index (χ1) is 8.65. The van der Waals surface area contributed by atoms with Crippen LogP contribution >= 0.6 is 34.7 Å². The molecule has 0 atom stereocenters. The highest BCUT2D eigenvalue weighted by atomic mass is 35.5. The molecule has 2 aromatic rings. The van der Waals surface area contributed by atoms with Gasteiger partial charge in [0.25, 0.3) is 0 Å². The molecule has 2 rings (SSSR count). The Morgan fingerprint density at radius 2 is 2.28 bits per heavy atom. The van der Waals surface area contributed by atoms with Crippen molar-refractivity contribution in [3.63, 3.8) is 0 Å². The summed E-state index contributed by atoms with van der Waals surface area (Å²) < 4.78 is 0. The molecule has 0 aliphatic carbocycles. The number of halogens is 1. The number of carbonyl (C=O) groups excluding carboxylic acids is 1. The van der Waals surface area contributed by atoms with Gasteiger partial charge in [-0.3, -0.25) is 4.79 Å². The quantitative estimate of drug-likeness (QED) is 0.872. The van der Waals surface area contributed by atoms with Crippen LogP contribution in [0.1, 0.15) is 5.69 Å². The van der Waals surface area contributed by atoms with Gasteiger partial charge in [-0.1, -0.05) is 23.7 Å². The topological polar surface area (TPSA) is 42.0 Å². The lowest BCUT2D eigenvalue weighted by molar-refractivity contribution is -0.113. The lowest BCUT2D eigenvalue weighted by atomic mass is 10.4. The van der Waals surface area contributed by atoms with E-state index in [0.717, 1.165) is 10.6 Å². The van der Waals surface area contributed by atoms with E-state index in [-0.39, 0.29) is 5.91 Å². The molecule has 3 nitrogen and oxygen atoms in total. The van der Waals surface area contributed by atoms with Crippen LogP contribution in [0.3, 0.4) is 0 Å². The maximum atomic E-state index is 11.7. The van der Waals surface area contributed by atoms with Gasteiger partial charge in [0.1, 0.15) is 0 Å². The van der Waals surface area contributed by atoms with Crippen LogP contribution in [0.15, 0.2) is 34.5 Å². The van der Waals surface area contributed by atoms with Crippen LogP contribution in [0, 0.1) is 6.92 Å². The predicted octanol–water partition coefficient (Wildman–Crippen LogP) is 3.84. The van der Waals surface area contributed by atoms with Gasteiger partial charge < -0.3 is 5.32 Å². The number of thioether (sulfide) groups is 1. The Balaban J connectivity index is 1.87. The standard InChI is InChI=1S/C12H11ClN2OS2/c1-8-6-18-12(14-8)15-11(16)7-17-10-5-3-2-4-9(10)13/h2-6H,7H2,1H3,(H,14,15,16). The number of amides is 1. The normalized spacial score (nSPS) is 10.3. The van der Waals surface area contributed by atoms with E-state index < -0.39 is 0 Å². The van der Waals surface area contributed by atoms with Gasteiger partial charge in [0.2, 0.25) is 5.91 Å². The van der Waals surface area contributed by atoms with Gasteiger partial charge in [-0.25, -0.2) is 4.98 Å². The molecular formula is C12H11ClN2OS2. The molecule has 94 valence electrons. The van der Waals surface area contributed by atoms with Crippen molar-refractivity contribution in [3.8, 4) is 0 Å². The molecule has 0 saturated heterocycles. The highest BCUT2D eigenvalue weighted by Gasteiger charge is 2.07. The maximum absolute atomic E-state index is 11.7. The van der Waals surface area contributed by atoms with E-state index in [1.807, 2.05) is 36.6 Å². The summed E-state index contributed by atoms with van der Waals surface area (Å²) in [6.45, 7) is 1.89. The number of hydrogen-bond acceptors (Lipinski definition) is 4. The van der Waals surface area contributed by atoms with Gasteiger partial charge in [0, 0.05) is 10.3 Å². The molecule has 1 amide bonds. The molecule has 1 N–H and O–H groups in total. The van der Waals surface area contributed by atoms with Crippen molar-refractivity contribution in [2.45, 2.75) is 11.8 Å². The number of carbonyl (C=O) groups is 1. The molecule has 0 unspecified atom stereocenters. The minimum Gasteiger partial charge on any atom is -0.301 e. The van der Waals surface area contributed by atoms with Crippen LogP contribution < -0.4 is 5.32 Å². The van der Waals surface area contributed by atoms with E-state index in [4.69, 9.17) is 11.6 Å². The molecule has 0 aliphatic heterocycles. The monoisotopic (exact) mass is 298 g/mol. The summed E-state index contributed by atoms with van der Waals surface area (Å²) in [4.78, 5) is 16.8. The minimum absolute atomic E-state index is 0.0748. The smallest absolute Gasteiger partial charge is 0.236 e. The fourth-order valence-electron chi connectivity index (χ4n) is 1.27. The van der Waals surface area contributed by atoms with Gasteiger partial charge in [0.05, 0.1) is 16.5 Å². The lowest BCUT2D eigenvalue weighted by Crippen LogP contribution is -2.13. The number of hydrogen-bond donors (Lipinski definition) is 1. The number of thiazole rings is 1. The Kier molecular flexibility index (Phi) is 4.63. The molecule has 0 bridgehead atoms. The van der Waals surface area contributed by atoms with Crippen LogP contribution in [0.25, 0.3) is 0 Å². The van der Waals surface area contributed by atoms with Crippen molar-refractivity contribution >= 4 is 45.7 Å². The number of rotatable bonds is 4. The number of anilines is 1. The van der Waals surface area contributed by atoms with Crippen LogP contribution in [0.4, 0.5) is 5.13 Å². The maximum Gasteiger partial charge on any atom is 0.236 e. The second-order valence-corrected chi connectivity index (χ2v) is 5.84. The van der Waals surface area contributed by atoms with Crippen molar-refractivity contribution in [2.24, 2.45) is 0 Å². The van der Waals surface area contributed by atoms with Crippen molar-refractivity contribution in [3.05, 3.63) is 40.4 Å². The highest BCUT2D eigenvalue weighted by Crippen LogP contribution is 2.26. The summed E-state index contributed by atoms with van der Waals surface area (Å²) in [6, 6.07) is 7.47. The zero-order valence-electron chi connectivity index (χ0n) is 9.64. The Morgan fingerprint density at radius 3 is 2.94 bits per heavy atom. The molecule has 6 heteroatoms. The SMILES string of the molecule is Cc1csc(NC(=O)CSc2ccccc2Cl)n1. The molecule has 1 aromatic heterocycles. The third kappa shape index (κ3) is 3.73. The summed E-state index contributed by atoms with van der Waals surface area (Å²) in [5, 5.41) is 5.96. The van der Waals surface area contributed by atoms with Crippen molar-refractivity contribution in [1.29, 1.82) is 0 Å². The fraction of sp³-hybridized carbons (Fsp3) is 0.167. The Labute approximate surface area is 119 Å². The first-order valence-corrected chi connectivity index (χ1v) is 7.49. The molecule has 1 heterocycles. The number of benzene rings is 1. The summed E-state index contributed by atoms with van der Waals surface area (Å²) in [6.07, 6.45) is 0. The van der Waals surface area contributed by atoms with Gasteiger partial charge in [0.15, 0.2) is 5.13 Å². The Bertz CT molecular complexity index is 557. The number of nitrogens with zero attached hydrogens (tertiary/aromatic N) is 1. The molecule has 0 saturated carbocycles. The number of aryl methyl sites for hydroxylation is 1. The third-order valence-electron chi connectivity index (χ3n) is 2.06. The van der Waals surface area contributed by atoms with E-state index >= 15 is 0 Å². The summed E-state index contributed by atoms with van der Waals surface area (Å²) >= 11 is 8.85. The minimum atomic E-state index is -0.0748. The fourth-order valence-corrected chi connectivity index (χ4v) is 3.02. The average molecular weight is 299 g/mol. The zero-order chi connectivity index (χ0) is 13.0. The van der Waals surface area contributed by atoms with Crippen LogP contribution in [-0.4, -0.2) is 16.6 Å². The van der Waals surface area contributed by atoms with Gasteiger partial charge in [-0.15, -0.1) is 23.1 Å². The van der Waals surface area contributed by atoms with E-state index in [1.54, 1.807) is 0 Å². The van der Waals surface area contributed by atoms with Crippen LogP contribution in [-0.2, 0) is 4.79 Å². The third-order valence-corrected chi connectivity index (χ3v) is 4.45. The molecule has 0 fully saturated rings. The highest BCUT2D eigenvalue weighted by molar-refractivity contribution is 8.00. The van der Waals surface area contributed by atoms with E-state index in [2.05, 4.69) is 10.3 Å². The molecule has 0 radical (unpaired) electrons. The largest absolute Gasteiger partial charge is 0.301 e. The summed E-state index contributed by atoms with van der Waals surface area (Å²) in [5.74, 6) is 0.247. The van der Waals surface area contributed by atoms with Gasteiger partial charge in [-0.05, 0) is 19.1 Å². The molecule has 18 heavy (non-hydrogen) atoms. The second kappa shape index (κ2) is 6.22. The Hall–Kier alpha value is -1.04. The number of nitrogens with one attached hydrogen (secondary N) is 1. The molecular weight excluding hydrogens is 288 g/mol. The molecule has 0 spiro atoms.